The second-order valence-corrected chi connectivity index (χ2v) is 7.26. The topological polar surface area (TPSA) is 59.5 Å². The summed E-state index contributed by atoms with van der Waals surface area (Å²) in [6, 6.07) is 6.44. The molecule has 5 heterocycles. The summed E-state index contributed by atoms with van der Waals surface area (Å²) in [7, 11) is 0. The van der Waals surface area contributed by atoms with Crippen LogP contribution in [0.5, 0.6) is 5.75 Å². The fraction of sp³-hybridized carbons (Fsp3) is 0.474. The minimum absolute atomic E-state index is 0.263. The van der Waals surface area contributed by atoms with Gasteiger partial charge in [-0.1, -0.05) is 11.6 Å². The zero-order valence-electron chi connectivity index (χ0n) is 13.3. The molecule has 4 bridgehead atoms. The average molecular weight is 310 g/mol. The molecule has 0 aliphatic carbocycles. The Kier molecular flexibility index (Phi) is 2.74. The van der Waals surface area contributed by atoms with Crippen molar-refractivity contribution in [3.05, 3.63) is 41.1 Å². The Morgan fingerprint density at radius 1 is 1.39 bits per heavy atom. The smallest absolute Gasteiger partial charge is 0.116 e. The van der Waals surface area contributed by atoms with Crippen molar-refractivity contribution in [2.75, 3.05) is 13.2 Å². The number of aromatic amines is 1. The summed E-state index contributed by atoms with van der Waals surface area (Å²) >= 11 is 0. The highest BCUT2D eigenvalue weighted by atomic mass is 16.3. The number of piperidine rings is 3. The number of nitrogens with one attached hydrogen (secondary N) is 1. The number of phenols is 1. The number of aromatic nitrogens is 1. The van der Waals surface area contributed by atoms with E-state index in [1.807, 2.05) is 12.1 Å². The minimum atomic E-state index is 0.263. The van der Waals surface area contributed by atoms with Gasteiger partial charge in [0.2, 0.25) is 0 Å². The van der Waals surface area contributed by atoms with Gasteiger partial charge in [-0.15, -0.1) is 0 Å². The van der Waals surface area contributed by atoms with E-state index in [0.29, 0.717) is 29.7 Å². The largest absolute Gasteiger partial charge is 0.508 e. The molecule has 0 saturated carbocycles. The molecule has 120 valence electrons. The first-order chi connectivity index (χ1) is 11.2. The highest BCUT2D eigenvalue weighted by Crippen LogP contribution is 2.54. The van der Waals surface area contributed by atoms with Crippen LogP contribution in [-0.2, 0) is 6.42 Å². The molecular formula is C19H22N2O2. The lowest BCUT2D eigenvalue weighted by Gasteiger charge is -2.58. The number of hydrogen-bond donors (Lipinski definition) is 3. The highest BCUT2D eigenvalue weighted by Gasteiger charge is 2.52. The molecule has 6 rings (SSSR count). The van der Waals surface area contributed by atoms with Gasteiger partial charge in [0.1, 0.15) is 5.75 Å². The Labute approximate surface area is 135 Å². The number of allylic oxidation sites excluding steroid dienone is 1. The number of nitrogens with zero attached hydrogens (tertiary/aromatic N) is 1. The van der Waals surface area contributed by atoms with Crippen molar-refractivity contribution in [1.29, 1.82) is 0 Å². The molecule has 4 aliphatic heterocycles. The highest BCUT2D eigenvalue weighted by molar-refractivity contribution is 5.86. The lowest BCUT2D eigenvalue weighted by atomic mass is 9.64. The third kappa shape index (κ3) is 1.68. The van der Waals surface area contributed by atoms with E-state index in [1.54, 1.807) is 6.07 Å². The molecule has 2 aromatic rings. The van der Waals surface area contributed by atoms with Crippen LogP contribution in [0.25, 0.3) is 10.9 Å². The SMILES string of the molecule is C/C=C1\CN2[C@@H]3C[C@H]1C(CO)[C@@H]2Cc1c3[nH]c2ccc(O)cc12. The number of H-pyrrole nitrogens is 1. The van der Waals surface area contributed by atoms with Crippen molar-refractivity contribution in [2.45, 2.75) is 31.8 Å². The van der Waals surface area contributed by atoms with Gasteiger partial charge in [-0.05, 0) is 49.4 Å². The second-order valence-electron chi connectivity index (χ2n) is 7.26. The van der Waals surface area contributed by atoms with Gasteiger partial charge in [-0.25, -0.2) is 0 Å². The van der Waals surface area contributed by atoms with Crippen molar-refractivity contribution in [1.82, 2.24) is 9.88 Å². The van der Waals surface area contributed by atoms with Crippen LogP contribution in [0.4, 0.5) is 0 Å². The minimum Gasteiger partial charge on any atom is -0.508 e. The molecule has 0 amide bonds. The molecule has 4 aliphatic rings. The van der Waals surface area contributed by atoms with E-state index >= 15 is 0 Å². The van der Waals surface area contributed by atoms with Gasteiger partial charge in [0, 0.05) is 41.7 Å². The molecule has 3 fully saturated rings. The number of phenolic OH excluding ortho intramolecular Hbond substituents is 1. The van der Waals surface area contributed by atoms with E-state index in [1.165, 1.54) is 16.8 Å². The van der Waals surface area contributed by atoms with Crippen LogP contribution in [-0.4, -0.2) is 39.3 Å². The molecule has 4 heteroatoms. The zero-order valence-corrected chi connectivity index (χ0v) is 13.3. The van der Waals surface area contributed by atoms with Crippen LogP contribution < -0.4 is 0 Å². The first kappa shape index (κ1) is 13.6. The van der Waals surface area contributed by atoms with Gasteiger partial charge in [0.25, 0.3) is 0 Å². The molecule has 23 heavy (non-hydrogen) atoms. The summed E-state index contributed by atoms with van der Waals surface area (Å²) in [6.07, 6.45) is 4.31. The Balaban J connectivity index is 1.68. The second kappa shape index (κ2) is 4.62. The molecule has 5 atom stereocenters. The number of benzene rings is 1. The van der Waals surface area contributed by atoms with Gasteiger partial charge < -0.3 is 15.2 Å². The van der Waals surface area contributed by atoms with Crippen molar-refractivity contribution in [2.24, 2.45) is 11.8 Å². The van der Waals surface area contributed by atoms with Gasteiger partial charge in [-0.2, -0.15) is 0 Å². The quantitative estimate of drug-likeness (QED) is 0.710. The summed E-state index contributed by atoms with van der Waals surface area (Å²) in [5.74, 6) is 1.17. The predicted octanol–water partition coefficient (Wildman–Crippen LogP) is 2.73. The number of hydrogen-bond acceptors (Lipinski definition) is 3. The summed E-state index contributed by atoms with van der Waals surface area (Å²) in [5.41, 5.74) is 5.29. The molecule has 0 radical (unpaired) electrons. The molecule has 1 aromatic heterocycles. The van der Waals surface area contributed by atoms with Crippen LogP contribution in [0.3, 0.4) is 0 Å². The van der Waals surface area contributed by atoms with Crippen LogP contribution in [0, 0.1) is 11.8 Å². The Morgan fingerprint density at radius 3 is 3.04 bits per heavy atom. The van der Waals surface area contributed by atoms with Gasteiger partial charge in [-0.3, -0.25) is 4.90 Å². The van der Waals surface area contributed by atoms with E-state index in [2.05, 4.69) is 22.9 Å². The fourth-order valence-corrected chi connectivity index (χ4v) is 5.35. The normalized spacial score (nSPS) is 36.6. The summed E-state index contributed by atoms with van der Waals surface area (Å²) in [4.78, 5) is 6.21. The first-order valence-corrected chi connectivity index (χ1v) is 8.56. The Bertz CT molecular complexity index is 822. The molecule has 4 nitrogen and oxygen atoms in total. The molecule has 2 unspecified atom stereocenters. The summed E-state index contributed by atoms with van der Waals surface area (Å²) in [5, 5.41) is 21.0. The van der Waals surface area contributed by atoms with Crippen LogP contribution >= 0.6 is 0 Å². The average Bonchev–Trinajstić information content (AvgIpc) is 2.92. The van der Waals surface area contributed by atoms with Crippen LogP contribution in [0.2, 0.25) is 0 Å². The Morgan fingerprint density at radius 2 is 2.26 bits per heavy atom. The van der Waals surface area contributed by atoms with E-state index in [4.69, 9.17) is 0 Å². The monoisotopic (exact) mass is 310 g/mol. The van der Waals surface area contributed by atoms with E-state index in [0.717, 1.165) is 30.3 Å². The van der Waals surface area contributed by atoms with Gasteiger partial charge >= 0.3 is 0 Å². The molecule has 1 aromatic carbocycles. The first-order valence-electron chi connectivity index (χ1n) is 8.56. The number of aliphatic hydroxyl groups is 1. The Hall–Kier alpha value is -1.78. The van der Waals surface area contributed by atoms with E-state index < -0.39 is 0 Å². The lowest BCUT2D eigenvalue weighted by Crippen LogP contribution is -2.60. The number of fused-ring (bicyclic) bond motifs is 4. The number of rotatable bonds is 1. The maximum Gasteiger partial charge on any atom is 0.116 e. The molecular weight excluding hydrogens is 288 g/mol. The third-order valence-corrected chi connectivity index (χ3v) is 6.41. The molecule has 3 saturated heterocycles. The predicted molar refractivity (Wildman–Crippen MR) is 89.3 cm³/mol. The summed E-state index contributed by atoms with van der Waals surface area (Å²) < 4.78 is 0. The van der Waals surface area contributed by atoms with Crippen molar-refractivity contribution in [3.63, 3.8) is 0 Å². The van der Waals surface area contributed by atoms with Gasteiger partial charge in [0.05, 0.1) is 6.04 Å². The molecule has 3 N–H and O–H groups in total. The summed E-state index contributed by atoms with van der Waals surface area (Å²) in [6.45, 7) is 3.42. The van der Waals surface area contributed by atoms with Crippen molar-refractivity contribution < 1.29 is 10.2 Å². The molecule has 0 spiro atoms. The van der Waals surface area contributed by atoms with Crippen LogP contribution in [0.15, 0.2) is 29.8 Å². The van der Waals surface area contributed by atoms with Crippen molar-refractivity contribution >= 4 is 10.9 Å². The van der Waals surface area contributed by atoms with Crippen LogP contribution in [0.1, 0.15) is 30.6 Å². The maximum absolute atomic E-state index is 9.99. The number of aliphatic hydroxyl groups excluding tert-OH is 1. The number of aromatic hydroxyl groups is 1. The van der Waals surface area contributed by atoms with Gasteiger partial charge in [0.15, 0.2) is 0 Å². The van der Waals surface area contributed by atoms with E-state index in [9.17, 15) is 10.2 Å². The van der Waals surface area contributed by atoms with Crippen molar-refractivity contribution in [3.8, 4) is 5.75 Å². The third-order valence-electron chi connectivity index (χ3n) is 6.41. The zero-order chi connectivity index (χ0) is 15.7. The van der Waals surface area contributed by atoms with E-state index in [-0.39, 0.29) is 6.61 Å². The fourth-order valence-electron chi connectivity index (χ4n) is 5.35. The maximum atomic E-state index is 9.99. The standard InChI is InChI=1S/C19H22N2O2/c1-2-10-8-21-17-7-14-13-5-11(23)3-4-16(13)20-19(14)18(21)6-12(10)15(17)9-22/h2-5,12,15,17-18,20,22-23H,6-9H2,1H3/b10-2+/t12-,15?,17+,18-/m1/s1. The lowest BCUT2D eigenvalue weighted by molar-refractivity contribution is -0.0503.